The number of hydrogen-bond acceptors (Lipinski definition) is 6. The zero-order valence-corrected chi connectivity index (χ0v) is 17.9. The molecule has 2 aromatic rings. The second kappa shape index (κ2) is 8.02. The highest BCUT2D eigenvalue weighted by Gasteiger charge is 2.24. The van der Waals surface area contributed by atoms with Gasteiger partial charge in [0.25, 0.3) is 17.0 Å². The predicted octanol–water partition coefficient (Wildman–Crippen LogP) is 2.07. The first-order chi connectivity index (χ1) is 13.3. The van der Waals surface area contributed by atoms with Crippen LogP contribution < -0.4 is 21.8 Å². The summed E-state index contributed by atoms with van der Waals surface area (Å²) >= 11 is 0. The van der Waals surface area contributed by atoms with Gasteiger partial charge in [-0.25, -0.2) is 0 Å². The summed E-state index contributed by atoms with van der Waals surface area (Å²) in [6, 6.07) is 4.46. The Morgan fingerprint density at radius 2 is 1.83 bits per heavy atom. The highest BCUT2D eigenvalue weighted by atomic mass is 16.3. The number of phenolic OH excluding ortho intramolecular Hbond substituents is 1. The van der Waals surface area contributed by atoms with Gasteiger partial charge in [-0.05, 0) is 24.5 Å². The molecule has 0 saturated heterocycles. The van der Waals surface area contributed by atoms with Crippen molar-refractivity contribution in [3.8, 4) is 5.75 Å². The van der Waals surface area contributed by atoms with Gasteiger partial charge in [0.1, 0.15) is 11.4 Å². The summed E-state index contributed by atoms with van der Waals surface area (Å²) in [4.78, 5) is 38.9. The van der Waals surface area contributed by atoms with Gasteiger partial charge in [-0.2, -0.15) is 0 Å². The zero-order valence-electron chi connectivity index (χ0n) is 17.9. The summed E-state index contributed by atoms with van der Waals surface area (Å²) in [5.41, 5.74) is -0.870. The fourth-order valence-electron chi connectivity index (χ4n) is 2.53. The standard InChI is InChI=1S/C20H29N5O4/c1-11(20(2,3)4)21-15-14(17(27)23-25(7)19(15)29)22-13-10-8-9-12(16(13)26)18(28)24(5)6/h8-11,21-22,26H,1-7H3,(H,23,27)/t11-/m0/s1. The van der Waals surface area contributed by atoms with Crippen molar-refractivity contribution in [2.75, 3.05) is 24.7 Å². The van der Waals surface area contributed by atoms with Crippen LogP contribution in [0, 0.1) is 5.41 Å². The molecule has 0 aliphatic carbocycles. The lowest BCUT2D eigenvalue weighted by atomic mass is 9.88. The van der Waals surface area contributed by atoms with Gasteiger partial charge in [0.15, 0.2) is 5.75 Å². The van der Waals surface area contributed by atoms with E-state index >= 15 is 0 Å². The maximum absolute atomic E-state index is 12.7. The molecule has 4 N–H and O–H groups in total. The molecule has 0 bridgehead atoms. The molecular formula is C20H29N5O4. The van der Waals surface area contributed by atoms with Crippen molar-refractivity contribution in [1.29, 1.82) is 0 Å². The van der Waals surface area contributed by atoms with E-state index in [9.17, 15) is 19.5 Å². The Bertz CT molecular complexity index is 1030. The molecular weight excluding hydrogens is 374 g/mol. The van der Waals surface area contributed by atoms with Gasteiger partial charge in [0.05, 0.1) is 11.3 Å². The molecule has 0 fully saturated rings. The number of rotatable bonds is 5. The minimum Gasteiger partial charge on any atom is -0.505 e. The Kier molecular flexibility index (Phi) is 6.10. The number of aromatic hydroxyl groups is 1. The predicted molar refractivity (Wildman–Crippen MR) is 114 cm³/mol. The number of nitrogens with zero attached hydrogens (tertiary/aromatic N) is 2. The van der Waals surface area contributed by atoms with Gasteiger partial charge in [0.2, 0.25) is 0 Å². The van der Waals surface area contributed by atoms with E-state index in [1.54, 1.807) is 20.2 Å². The summed E-state index contributed by atoms with van der Waals surface area (Å²) in [6.07, 6.45) is 0. The highest BCUT2D eigenvalue weighted by molar-refractivity contribution is 5.98. The third kappa shape index (κ3) is 4.61. The second-order valence-corrected chi connectivity index (χ2v) is 8.31. The third-order valence-corrected chi connectivity index (χ3v) is 4.86. The second-order valence-electron chi connectivity index (χ2n) is 8.31. The Hall–Kier alpha value is -3.23. The summed E-state index contributed by atoms with van der Waals surface area (Å²) in [6.45, 7) is 7.95. The fraction of sp³-hybridized carbons (Fsp3) is 0.450. The van der Waals surface area contributed by atoms with E-state index in [1.165, 1.54) is 24.1 Å². The van der Waals surface area contributed by atoms with Crippen LogP contribution in [-0.4, -0.2) is 45.8 Å². The molecule has 2 rings (SSSR count). The molecule has 0 radical (unpaired) electrons. The lowest BCUT2D eigenvalue weighted by molar-refractivity contribution is 0.0824. The van der Waals surface area contributed by atoms with E-state index in [1.807, 2.05) is 27.7 Å². The lowest BCUT2D eigenvalue weighted by Crippen LogP contribution is -2.37. The van der Waals surface area contributed by atoms with Crippen LogP contribution in [-0.2, 0) is 7.05 Å². The summed E-state index contributed by atoms with van der Waals surface area (Å²) in [5, 5.41) is 19.0. The number of carbonyl (C=O) groups is 1. The SMILES string of the molecule is C[C@H](Nc1c(Nc2cccc(C(=O)N(C)C)c2O)c(=O)[nH]n(C)c1=O)C(C)(C)C. The Balaban J connectivity index is 2.58. The van der Waals surface area contributed by atoms with Crippen LogP contribution in [0.4, 0.5) is 17.1 Å². The topological polar surface area (TPSA) is 119 Å². The molecule has 1 aromatic carbocycles. The molecule has 29 heavy (non-hydrogen) atoms. The van der Waals surface area contributed by atoms with Crippen LogP contribution >= 0.6 is 0 Å². The molecule has 9 heteroatoms. The van der Waals surface area contributed by atoms with Crippen LogP contribution in [0.2, 0.25) is 0 Å². The van der Waals surface area contributed by atoms with Gasteiger partial charge >= 0.3 is 0 Å². The maximum Gasteiger partial charge on any atom is 0.290 e. The summed E-state index contributed by atoms with van der Waals surface area (Å²) < 4.78 is 1.09. The number of aromatic nitrogens is 2. The van der Waals surface area contributed by atoms with Crippen molar-refractivity contribution in [1.82, 2.24) is 14.7 Å². The number of carbonyl (C=O) groups excluding carboxylic acids is 1. The number of para-hydroxylation sites is 1. The van der Waals surface area contributed by atoms with Crippen molar-refractivity contribution in [3.63, 3.8) is 0 Å². The van der Waals surface area contributed by atoms with Crippen molar-refractivity contribution in [2.24, 2.45) is 12.5 Å². The van der Waals surface area contributed by atoms with Crippen LogP contribution in [0.5, 0.6) is 5.75 Å². The molecule has 1 aromatic heterocycles. The number of nitrogens with one attached hydrogen (secondary N) is 3. The van der Waals surface area contributed by atoms with Gasteiger partial charge in [-0.3, -0.25) is 24.2 Å². The molecule has 0 saturated carbocycles. The average molecular weight is 403 g/mol. The molecule has 1 heterocycles. The van der Waals surface area contributed by atoms with Crippen LogP contribution in [0.3, 0.4) is 0 Å². The number of hydrogen-bond donors (Lipinski definition) is 4. The molecule has 1 atom stereocenters. The molecule has 0 aliphatic heterocycles. The Labute approximate surface area is 169 Å². The first-order valence-corrected chi connectivity index (χ1v) is 9.25. The number of aryl methyl sites for hydroxylation is 1. The molecule has 158 valence electrons. The van der Waals surface area contributed by atoms with Gasteiger partial charge in [-0.15, -0.1) is 0 Å². The number of amides is 1. The molecule has 0 spiro atoms. The highest BCUT2D eigenvalue weighted by Crippen LogP contribution is 2.32. The smallest absolute Gasteiger partial charge is 0.290 e. The first-order valence-electron chi connectivity index (χ1n) is 9.25. The molecule has 0 unspecified atom stereocenters. The van der Waals surface area contributed by atoms with E-state index < -0.39 is 11.1 Å². The number of H-pyrrole nitrogens is 1. The zero-order chi connectivity index (χ0) is 22.1. The maximum atomic E-state index is 12.7. The number of aromatic amines is 1. The molecule has 9 nitrogen and oxygen atoms in total. The Morgan fingerprint density at radius 1 is 1.21 bits per heavy atom. The van der Waals surface area contributed by atoms with Crippen LogP contribution in [0.25, 0.3) is 0 Å². The van der Waals surface area contributed by atoms with E-state index in [0.717, 1.165) is 4.68 Å². The average Bonchev–Trinajstić information content (AvgIpc) is 2.62. The summed E-state index contributed by atoms with van der Waals surface area (Å²) in [7, 11) is 4.60. The monoisotopic (exact) mass is 403 g/mol. The normalized spacial score (nSPS) is 12.4. The molecule has 1 amide bonds. The van der Waals surface area contributed by atoms with E-state index in [0.29, 0.717) is 0 Å². The lowest BCUT2D eigenvalue weighted by Gasteiger charge is -2.29. The van der Waals surface area contributed by atoms with E-state index in [2.05, 4.69) is 15.7 Å². The largest absolute Gasteiger partial charge is 0.505 e. The Morgan fingerprint density at radius 3 is 2.38 bits per heavy atom. The number of benzene rings is 1. The van der Waals surface area contributed by atoms with Crippen molar-refractivity contribution in [3.05, 3.63) is 44.5 Å². The van der Waals surface area contributed by atoms with Crippen molar-refractivity contribution >= 4 is 23.0 Å². The van der Waals surface area contributed by atoms with Gasteiger partial charge in [-0.1, -0.05) is 26.8 Å². The van der Waals surface area contributed by atoms with Crippen LogP contribution in [0.1, 0.15) is 38.1 Å². The van der Waals surface area contributed by atoms with Gasteiger partial charge < -0.3 is 20.6 Å². The third-order valence-electron chi connectivity index (χ3n) is 4.86. The van der Waals surface area contributed by atoms with E-state index in [4.69, 9.17) is 0 Å². The number of anilines is 3. The first kappa shape index (κ1) is 22.1. The fourth-order valence-corrected chi connectivity index (χ4v) is 2.53. The minimum absolute atomic E-state index is 0.0334. The van der Waals surface area contributed by atoms with Crippen molar-refractivity contribution in [2.45, 2.75) is 33.7 Å². The van der Waals surface area contributed by atoms with Crippen LogP contribution in [0.15, 0.2) is 27.8 Å². The minimum atomic E-state index is -0.542. The summed E-state index contributed by atoms with van der Waals surface area (Å²) in [5.74, 6) is -0.690. The van der Waals surface area contributed by atoms with Gasteiger partial charge in [0, 0.05) is 27.2 Å². The molecule has 0 aliphatic rings. The number of phenols is 1. The van der Waals surface area contributed by atoms with E-state index in [-0.39, 0.29) is 45.7 Å². The van der Waals surface area contributed by atoms with Crippen molar-refractivity contribution < 1.29 is 9.90 Å². The quantitative estimate of drug-likeness (QED) is 0.568.